The number of hydrogen-bond donors (Lipinski definition) is 1. The molecule has 0 atom stereocenters. The van der Waals surface area contributed by atoms with E-state index >= 15 is 0 Å². The van der Waals surface area contributed by atoms with Crippen LogP contribution in [-0.2, 0) is 17.8 Å². The van der Waals surface area contributed by atoms with Crippen molar-refractivity contribution in [1.29, 1.82) is 0 Å². The van der Waals surface area contributed by atoms with Crippen LogP contribution in [0.25, 0.3) is 0 Å². The van der Waals surface area contributed by atoms with Crippen LogP contribution in [0.4, 0.5) is 10.5 Å². The highest BCUT2D eigenvalue weighted by Crippen LogP contribution is 2.28. The molecule has 3 rings (SSSR count). The summed E-state index contributed by atoms with van der Waals surface area (Å²) in [4.78, 5) is 32.5. The Labute approximate surface area is 234 Å². The molecule has 3 aromatic rings. The Kier molecular flexibility index (Phi) is 11.4. The van der Waals surface area contributed by atoms with Gasteiger partial charge in [0, 0.05) is 28.5 Å². The Morgan fingerprint density at radius 1 is 1.00 bits per heavy atom. The first-order chi connectivity index (χ1) is 18.3. The lowest BCUT2D eigenvalue weighted by atomic mass is 10.1. The Balaban J connectivity index is 1.73. The standard InChI is InChI=1S/C29H37N3O4S2/c1-21(2)18-32(29(34)30-23-9-11-24(37-5)12-10-23)20-28(33)31(19-25-7-6-16-38-25)15-14-22-8-13-26(35-3)27(17-22)36-4/h6-13,16-17,21H,14-15,18-20H2,1-5H3,(H,30,34). The number of nitrogens with zero attached hydrogens (tertiary/aromatic N) is 2. The van der Waals surface area contributed by atoms with Crippen LogP contribution in [-0.4, -0.2) is 61.8 Å². The molecule has 0 spiro atoms. The number of thiophene rings is 1. The van der Waals surface area contributed by atoms with Crippen molar-refractivity contribution in [2.75, 3.05) is 45.4 Å². The van der Waals surface area contributed by atoms with Crippen LogP contribution in [0.15, 0.2) is 64.9 Å². The second kappa shape index (κ2) is 14.7. The van der Waals surface area contributed by atoms with E-state index in [2.05, 4.69) is 5.32 Å². The number of hydrogen-bond acceptors (Lipinski definition) is 6. The number of anilines is 1. The number of methoxy groups -OCH3 is 2. The Hall–Kier alpha value is -3.17. The second-order valence-electron chi connectivity index (χ2n) is 9.27. The minimum absolute atomic E-state index is 0.00418. The average Bonchev–Trinajstić information content (AvgIpc) is 3.43. The zero-order valence-corrected chi connectivity index (χ0v) is 24.4. The number of ether oxygens (including phenoxy) is 2. The highest BCUT2D eigenvalue weighted by molar-refractivity contribution is 7.98. The van der Waals surface area contributed by atoms with Gasteiger partial charge in [0.05, 0.1) is 20.8 Å². The number of amides is 3. The maximum atomic E-state index is 13.6. The molecule has 0 unspecified atom stereocenters. The molecule has 3 amide bonds. The molecule has 38 heavy (non-hydrogen) atoms. The van der Waals surface area contributed by atoms with E-state index in [0.29, 0.717) is 43.2 Å². The molecular weight excluding hydrogens is 518 g/mol. The van der Waals surface area contributed by atoms with Crippen LogP contribution in [0.1, 0.15) is 24.3 Å². The van der Waals surface area contributed by atoms with Gasteiger partial charge in [0.2, 0.25) is 5.91 Å². The second-order valence-corrected chi connectivity index (χ2v) is 11.2. The molecule has 0 saturated carbocycles. The normalized spacial score (nSPS) is 10.8. The molecule has 0 aliphatic carbocycles. The van der Waals surface area contributed by atoms with Crippen molar-refractivity contribution in [1.82, 2.24) is 9.80 Å². The fraction of sp³-hybridized carbons (Fsp3) is 0.379. The topological polar surface area (TPSA) is 71.1 Å². The number of benzene rings is 2. The summed E-state index contributed by atoms with van der Waals surface area (Å²) in [5, 5.41) is 4.96. The molecule has 1 N–H and O–H groups in total. The highest BCUT2D eigenvalue weighted by atomic mass is 32.2. The molecule has 9 heteroatoms. The van der Waals surface area contributed by atoms with E-state index in [1.54, 1.807) is 42.2 Å². The monoisotopic (exact) mass is 555 g/mol. The quantitative estimate of drug-likeness (QED) is 0.253. The van der Waals surface area contributed by atoms with E-state index in [9.17, 15) is 9.59 Å². The smallest absolute Gasteiger partial charge is 0.322 e. The summed E-state index contributed by atoms with van der Waals surface area (Å²) in [6.07, 6.45) is 2.66. The first-order valence-corrected chi connectivity index (χ1v) is 14.6. The number of urea groups is 1. The summed E-state index contributed by atoms with van der Waals surface area (Å²) in [5.41, 5.74) is 1.75. The van der Waals surface area contributed by atoms with E-state index in [-0.39, 0.29) is 24.4 Å². The summed E-state index contributed by atoms with van der Waals surface area (Å²) in [5.74, 6) is 1.45. The first kappa shape index (κ1) is 29.4. The third-order valence-electron chi connectivity index (χ3n) is 5.94. The molecule has 1 aromatic heterocycles. The van der Waals surface area contributed by atoms with Gasteiger partial charge in [-0.15, -0.1) is 23.1 Å². The average molecular weight is 556 g/mol. The Morgan fingerprint density at radius 2 is 1.74 bits per heavy atom. The van der Waals surface area contributed by atoms with E-state index < -0.39 is 0 Å². The van der Waals surface area contributed by atoms with Crippen LogP contribution < -0.4 is 14.8 Å². The van der Waals surface area contributed by atoms with E-state index in [1.165, 1.54) is 0 Å². The van der Waals surface area contributed by atoms with E-state index in [0.717, 1.165) is 15.3 Å². The number of thioether (sulfide) groups is 1. The van der Waals surface area contributed by atoms with Gasteiger partial charge < -0.3 is 24.6 Å². The van der Waals surface area contributed by atoms with Crippen LogP contribution in [0.5, 0.6) is 11.5 Å². The predicted molar refractivity (Wildman–Crippen MR) is 157 cm³/mol. The Morgan fingerprint density at radius 3 is 2.34 bits per heavy atom. The predicted octanol–water partition coefficient (Wildman–Crippen LogP) is 6.25. The van der Waals surface area contributed by atoms with Gasteiger partial charge in [0.1, 0.15) is 6.54 Å². The number of rotatable bonds is 13. The minimum atomic E-state index is -0.278. The van der Waals surface area contributed by atoms with Crippen LogP contribution in [0.2, 0.25) is 0 Å². The third-order valence-corrected chi connectivity index (χ3v) is 7.54. The van der Waals surface area contributed by atoms with Crippen LogP contribution in [0.3, 0.4) is 0 Å². The number of carbonyl (C=O) groups is 2. The summed E-state index contributed by atoms with van der Waals surface area (Å²) in [6.45, 7) is 5.57. The fourth-order valence-electron chi connectivity index (χ4n) is 3.98. The lowest BCUT2D eigenvalue weighted by molar-refractivity contribution is -0.132. The molecule has 204 valence electrons. The lowest BCUT2D eigenvalue weighted by Crippen LogP contribution is -2.46. The molecule has 0 aliphatic heterocycles. The van der Waals surface area contributed by atoms with Gasteiger partial charge >= 0.3 is 6.03 Å². The number of nitrogens with one attached hydrogen (secondary N) is 1. The molecule has 1 heterocycles. The summed E-state index contributed by atoms with van der Waals surface area (Å²) >= 11 is 3.26. The van der Waals surface area contributed by atoms with Crippen molar-refractivity contribution in [3.8, 4) is 11.5 Å². The van der Waals surface area contributed by atoms with Crippen molar-refractivity contribution in [2.45, 2.75) is 31.7 Å². The van der Waals surface area contributed by atoms with E-state index in [4.69, 9.17) is 9.47 Å². The number of carbonyl (C=O) groups excluding carboxylic acids is 2. The molecule has 2 aromatic carbocycles. The zero-order chi connectivity index (χ0) is 27.5. The third kappa shape index (κ3) is 8.70. The molecule has 0 bridgehead atoms. The molecule has 0 radical (unpaired) electrons. The maximum Gasteiger partial charge on any atom is 0.322 e. The van der Waals surface area contributed by atoms with Crippen molar-refractivity contribution < 1.29 is 19.1 Å². The highest BCUT2D eigenvalue weighted by Gasteiger charge is 2.23. The van der Waals surface area contributed by atoms with Crippen molar-refractivity contribution in [3.05, 3.63) is 70.4 Å². The molecule has 0 fully saturated rings. The van der Waals surface area contributed by atoms with Crippen LogP contribution >= 0.6 is 23.1 Å². The van der Waals surface area contributed by atoms with Crippen molar-refractivity contribution in [3.63, 3.8) is 0 Å². The van der Waals surface area contributed by atoms with Gasteiger partial charge in [0.25, 0.3) is 0 Å². The van der Waals surface area contributed by atoms with Crippen LogP contribution in [0, 0.1) is 5.92 Å². The molecular formula is C29H37N3O4S2. The maximum absolute atomic E-state index is 13.6. The summed E-state index contributed by atoms with van der Waals surface area (Å²) in [6, 6.07) is 17.2. The fourth-order valence-corrected chi connectivity index (χ4v) is 5.11. The van der Waals surface area contributed by atoms with Crippen molar-refractivity contribution in [2.24, 2.45) is 5.92 Å². The van der Waals surface area contributed by atoms with Gasteiger partial charge in [-0.2, -0.15) is 0 Å². The minimum Gasteiger partial charge on any atom is -0.493 e. The SMILES string of the molecule is COc1ccc(CCN(Cc2cccs2)C(=O)CN(CC(C)C)C(=O)Nc2ccc(SC)cc2)cc1OC. The molecule has 0 aliphatic rings. The van der Waals surface area contributed by atoms with Crippen molar-refractivity contribution >= 4 is 40.7 Å². The molecule has 0 saturated heterocycles. The zero-order valence-electron chi connectivity index (χ0n) is 22.7. The van der Waals surface area contributed by atoms with Gasteiger partial charge in [-0.3, -0.25) is 4.79 Å². The van der Waals surface area contributed by atoms with Gasteiger partial charge in [-0.1, -0.05) is 26.0 Å². The van der Waals surface area contributed by atoms with Gasteiger partial charge in [0.15, 0.2) is 11.5 Å². The van der Waals surface area contributed by atoms with Gasteiger partial charge in [-0.05, 0) is 72.0 Å². The first-order valence-electron chi connectivity index (χ1n) is 12.5. The largest absolute Gasteiger partial charge is 0.493 e. The van der Waals surface area contributed by atoms with E-state index in [1.807, 2.05) is 85.0 Å². The molecule has 7 nitrogen and oxygen atoms in total. The van der Waals surface area contributed by atoms with Gasteiger partial charge in [-0.25, -0.2) is 4.79 Å². The lowest BCUT2D eigenvalue weighted by Gasteiger charge is -2.29. The summed E-state index contributed by atoms with van der Waals surface area (Å²) < 4.78 is 10.8. The summed E-state index contributed by atoms with van der Waals surface area (Å²) in [7, 11) is 3.22. The Bertz CT molecular complexity index is 1170.